The van der Waals surface area contributed by atoms with Crippen LogP contribution in [0.2, 0.25) is 0 Å². The minimum absolute atomic E-state index is 0.0894. The molecule has 0 bridgehead atoms. The van der Waals surface area contributed by atoms with Crippen LogP contribution in [0.1, 0.15) is 43.9 Å². The average Bonchev–Trinajstić information content (AvgIpc) is 3.27. The Bertz CT molecular complexity index is 867. The largest absolute Gasteiger partial charge is 0.443 e. The lowest BCUT2D eigenvalue weighted by Crippen LogP contribution is -2.47. The number of hydrogen-bond acceptors (Lipinski definition) is 5. The molecule has 2 N–H and O–H groups in total. The van der Waals surface area contributed by atoms with E-state index in [9.17, 15) is 4.79 Å². The number of benzene rings is 1. The predicted molar refractivity (Wildman–Crippen MR) is 120 cm³/mol. The van der Waals surface area contributed by atoms with Gasteiger partial charge in [0.25, 0.3) is 0 Å². The molecule has 8 heteroatoms. The van der Waals surface area contributed by atoms with Gasteiger partial charge in [-0.05, 0) is 5.56 Å². The van der Waals surface area contributed by atoms with Crippen LogP contribution in [0.25, 0.3) is 0 Å². The van der Waals surface area contributed by atoms with Gasteiger partial charge in [-0.15, -0.1) is 0 Å². The number of rotatable bonds is 6. The summed E-state index contributed by atoms with van der Waals surface area (Å²) < 4.78 is 11.2. The van der Waals surface area contributed by atoms with Crippen molar-refractivity contribution in [3.8, 4) is 0 Å². The average molecular weight is 428 g/mol. The van der Waals surface area contributed by atoms with E-state index in [4.69, 9.17) is 9.15 Å². The first-order valence-corrected chi connectivity index (χ1v) is 10.7. The number of nitrogens with one attached hydrogen (secondary N) is 2. The van der Waals surface area contributed by atoms with Crippen molar-refractivity contribution in [2.45, 2.75) is 38.6 Å². The monoisotopic (exact) mass is 427 g/mol. The number of nitrogens with zero attached hydrogens (tertiary/aromatic N) is 3. The number of carbonyl (C=O) groups excluding carboxylic acids is 1. The van der Waals surface area contributed by atoms with Crippen LogP contribution in [0.3, 0.4) is 0 Å². The van der Waals surface area contributed by atoms with Gasteiger partial charge in [0.1, 0.15) is 5.76 Å². The number of aliphatic imine (C=N–C) groups is 1. The van der Waals surface area contributed by atoms with Gasteiger partial charge >= 0.3 is 0 Å². The number of hydrogen-bond donors (Lipinski definition) is 2. The highest BCUT2D eigenvalue weighted by Crippen LogP contribution is 2.22. The Hall–Kier alpha value is -2.87. The summed E-state index contributed by atoms with van der Waals surface area (Å²) in [4.78, 5) is 23.7. The Morgan fingerprint density at radius 3 is 2.52 bits per heavy atom. The second-order valence-electron chi connectivity index (χ2n) is 8.58. The summed E-state index contributed by atoms with van der Waals surface area (Å²) >= 11 is 0. The molecule has 0 spiro atoms. The zero-order valence-electron chi connectivity index (χ0n) is 18.9. The zero-order valence-corrected chi connectivity index (χ0v) is 18.9. The summed E-state index contributed by atoms with van der Waals surface area (Å²) in [6, 6.07) is 9.84. The predicted octanol–water partition coefficient (Wildman–Crippen LogP) is 2.28. The van der Waals surface area contributed by atoms with Gasteiger partial charge in [0.2, 0.25) is 11.8 Å². The van der Waals surface area contributed by atoms with Crippen LogP contribution in [0.15, 0.2) is 45.9 Å². The number of aromatic nitrogens is 1. The molecule has 3 rings (SSSR count). The molecule has 31 heavy (non-hydrogen) atoms. The molecule has 1 atom stereocenters. The molecule has 1 saturated heterocycles. The summed E-state index contributed by atoms with van der Waals surface area (Å²) in [5.41, 5.74) is 0.887. The van der Waals surface area contributed by atoms with Crippen LogP contribution in [0.5, 0.6) is 0 Å². The van der Waals surface area contributed by atoms with Crippen molar-refractivity contribution >= 4 is 11.9 Å². The van der Waals surface area contributed by atoms with E-state index in [2.05, 4.69) is 41.4 Å². The molecule has 1 aromatic carbocycles. The fourth-order valence-corrected chi connectivity index (χ4v) is 3.35. The highest BCUT2D eigenvalue weighted by Gasteiger charge is 2.27. The van der Waals surface area contributed by atoms with Gasteiger partial charge in [0.05, 0.1) is 31.9 Å². The molecule has 8 nitrogen and oxygen atoms in total. The number of guanidine groups is 1. The van der Waals surface area contributed by atoms with Crippen molar-refractivity contribution in [3.05, 3.63) is 53.7 Å². The summed E-state index contributed by atoms with van der Waals surface area (Å²) in [6.07, 6.45) is 1.76. The number of carbonyl (C=O) groups is 1. The lowest BCUT2D eigenvalue weighted by Gasteiger charge is -2.31. The van der Waals surface area contributed by atoms with Crippen molar-refractivity contribution < 1.29 is 13.9 Å². The first-order chi connectivity index (χ1) is 14.9. The highest BCUT2D eigenvalue weighted by molar-refractivity contribution is 5.86. The molecular formula is C23H33N5O3. The number of ether oxygens (including phenoxy) is 1. The molecule has 0 aliphatic carbocycles. The van der Waals surface area contributed by atoms with Crippen LogP contribution < -0.4 is 10.6 Å². The van der Waals surface area contributed by atoms with E-state index in [0.29, 0.717) is 51.2 Å². The van der Waals surface area contributed by atoms with Gasteiger partial charge in [-0.1, -0.05) is 51.1 Å². The molecule has 0 saturated carbocycles. The molecule has 1 aliphatic rings. The van der Waals surface area contributed by atoms with Crippen molar-refractivity contribution in [1.82, 2.24) is 20.5 Å². The Labute approximate surface area is 184 Å². The summed E-state index contributed by atoms with van der Waals surface area (Å²) in [5.74, 6) is 1.81. The van der Waals surface area contributed by atoms with E-state index in [1.165, 1.54) is 0 Å². The van der Waals surface area contributed by atoms with Crippen LogP contribution in [-0.2, 0) is 21.5 Å². The maximum absolute atomic E-state index is 13.2. The Balaban J connectivity index is 1.62. The highest BCUT2D eigenvalue weighted by atomic mass is 16.5. The van der Waals surface area contributed by atoms with Crippen molar-refractivity contribution in [2.75, 3.05) is 39.9 Å². The van der Waals surface area contributed by atoms with E-state index < -0.39 is 0 Å². The third-order valence-electron chi connectivity index (χ3n) is 5.22. The Morgan fingerprint density at radius 2 is 1.90 bits per heavy atom. The van der Waals surface area contributed by atoms with Gasteiger partial charge in [-0.25, -0.2) is 4.98 Å². The molecule has 0 radical (unpaired) electrons. The van der Waals surface area contributed by atoms with Crippen molar-refractivity contribution in [2.24, 2.45) is 4.99 Å². The maximum Gasteiger partial charge on any atom is 0.232 e. The summed E-state index contributed by atoms with van der Waals surface area (Å²) in [5, 5.41) is 6.50. The first-order valence-electron chi connectivity index (χ1n) is 10.7. The van der Waals surface area contributed by atoms with Crippen molar-refractivity contribution in [1.29, 1.82) is 0 Å². The fourth-order valence-electron chi connectivity index (χ4n) is 3.35. The van der Waals surface area contributed by atoms with E-state index in [0.717, 1.165) is 11.3 Å². The van der Waals surface area contributed by atoms with Crippen LogP contribution in [0, 0.1) is 0 Å². The molecule has 1 unspecified atom stereocenters. The van der Waals surface area contributed by atoms with E-state index in [-0.39, 0.29) is 17.2 Å². The normalized spacial score (nSPS) is 16.1. The molecule has 2 aromatic rings. The van der Waals surface area contributed by atoms with E-state index in [1.807, 2.05) is 35.2 Å². The smallest absolute Gasteiger partial charge is 0.232 e. The minimum Gasteiger partial charge on any atom is -0.443 e. The van der Waals surface area contributed by atoms with Crippen LogP contribution >= 0.6 is 0 Å². The van der Waals surface area contributed by atoms with Gasteiger partial charge < -0.3 is 24.7 Å². The van der Waals surface area contributed by atoms with Crippen LogP contribution in [0.4, 0.5) is 0 Å². The molecule has 1 aromatic heterocycles. The van der Waals surface area contributed by atoms with Gasteiger partial charge in [0.15, 0.2) is 5.96 Å². The fraction of sp³-hybridized carbons (Fsp3) is 0.522. The Morgan fingerprint density at radius 1 is 1.19 bits per heavy atom. The quantitative estimate of drug-likeness (QED) is 0.543. The Kier molecular flexibility index (Phi) is 7.68. The third-order valence-corrected chi connectivity index (χ3v) is 5.22. The number of morpholine rings is 1. The maximum atomic E-state index is 13.2. The molecule has 1 amide bonds. The zero-order chi connectivity index (χ0) is 22.3. The van der Waals surface area contributed by atoms with Crippen LogP contribution in [-0.4, -0.2) is 61.6 Å². The molecule has 1 aliphatic heterocycles. The van der Waals surface area contributed by atoms with Gasteiger partial charge in [-0.2, -0.15) is 0 Å². The van der Waals surface area contributed by atoms with Crippen molar-refractivity contribution in [3.63, 3.8) is 0 Å². The number of oxazole rings is 1. The van der Waals surface area contributed by atoms with Gasteiger partial charge in [-0.3, -0.25) is 9.79 Å². The lowest BCUT2D eigenvalue weighted by atomic mass is 9.94. The molecule has 1 fully saturated rings. The van der Waals surface area contributed by atoms with E-state index >= 15 is 0 Å². The van der Waals surface area contributed by atoms with Gasteiger partial charge in [0, 0.05) is 32.1 Å². The lowest BCUT2D eigenvalue weighted by molar-refractivity contribution is -0.136. The number of amides is 1. The summed E-state index contributed by atoms with van der Waals surface area (Å²) in [6.45, 7) is 9.49. The minimum atomic E-state index is -0.313. The topological polar surface area (TPSA) is 92.0 Å². The standard InChI is InChI=1S/C23H33N5O3/c1-23(2,3)19-15-25-20(31-19)16-27-22(24-4)26-14-18(17-8-6-5-7-9-17)21(29)28-10-12-30-13-11-28/h5-9,15,18H,10-14,16H2,1-4H3,(H2,24,26,27). The second kappa shape index (κ2) is 10.4. The molecular weight excluding hydrogens is 394 g/mol. The van der Waals surface area contributed by atoms with E-state index in [1.54, 1.807) is 13.2 Å². The molecule has 2 heterocycles. The summed E-state index contributed by atoms with van der Waals surface area (Å²) in [7, 11) is 1.70. The second-order valence-corrected chi connectivity index (χ2v) is 8.58. The SMILES string of the molecule is CN=C(NCc1ncc(C(C)(C)C)o1)NCC(C(=O)N1CCOCC1)c1ccccc1. The molecule has 168 valence electrons. The first kappa shape index (κ1) is 22.8. The third kappa shape index (κ3) is 6.30.